The quantitative estimate of drug-likeness (QED) is 0.926. The van der Waals surface area contributed by atoms with E-state index < -0.39 is 18.0 Å². The molecule has 2 aliphatic rings. The van der Waals surface area contributed by atoms with E-state index in [0.717, 1.165) is 18.4 Å². The van der Waals surface area contributed by atoms with Gasteiger partial charge in [0.15, 0.2) is 17.7 Å². The third kappa shape index (κ3) is 3.02. The van der Waals surface area contributed by atoms with Crippen LogP contribution in [-0.4, -0.2) is 34.6 Å². The number of furan rings is 1. The summed E-state index contributed by atoms with van der Waals surface area (Å²) in [6, 6.07) is 8.14. The molecular formula is C19H20FNO4. The molecule has 2 aliphatic heterocycles. The van der Waals surface area contributed by atoms with Gasteiger partial charge in [-0.3, -0.25) is 4.79 Å². The second kappa shape index (κ2) is 6.52. The molecule has 132 valence electrons. The van der Waals surface area contributed by atoms with Crippen molar-refractivity contribution in [3.8, 4) is 5.75 Å². The largest absolute Gasteiger partial charge is 0.477 e. The van der Waals surface area contributed by atoms with Crippen molar-refractivity contribution in [1.29, 1.82) is 0 Å². The number of hydrogen-bond acceptors (Lipinski definition) is 4. The fourth-order valence-corrected chi connectivity index (χ4v) is 3.78. The number of nitrogens with zero attached hydrogens (tertiary/aromatic N) is 1. The second-order valence-corrected chi connectivity index (χ2v) is 6.63. The van der Waals surface area contributed by atoms with Crippen molar-refractivity contribution in [3.05, 3.63) is 53.7 Å². The van der Waals surface area contributed by atoms with Gasteiger partial charge in [-0.25, -0.2) is 4.39 Å². The van der Waals surface area contributed by atoms with Gasteiger partial charge in [-0.1, -0.05) is 12.1 Å². The van der Waals surface area contributed by atoms with E-state index in [-0.39, 0.29) is 17.7 Å². The van der Waals surface area contributed by atoms with E-state index in [1.54, 1.807) is 29.2 Å². The van der Waals surface area contributed by atoms with Gasteiger partial charge in [-0.2, -0.15) is 0 Å². The number of aliphatic hydroxyl groups is 1. The zero-order chi connectivity index (χ0) is 17.4. The lowest BCUT2D eigenvalue weighted by molar-refractivity contribution is -0.139. The smallest absolute Gasteiger partial charge is 0.264 e. The van der Waals surface area contributed by atoms with Crippen LogP contribution in [0.15, 0.2) is 41.0 Å². The fraction of sp³-hybridized carbons (Fsp3) is 0.421. The van der Waals surface area contributed by atoms with Gasteiger partial charge in [0, 0.05) is 31.0 Å². The molecule has 4 rings (SSSR count). The molecule has 1 N–H and O–H groups in total. The van der Waals surface area contributed by atoms with E-state index >= 15 is 0 Å². The Bertz CT molecular complexity index is 761. The lowest BCUT2D eigenvalue weighted by atomic mass is 10.0. The Morgan fingerprint density at radius 2 is 2.24 bits per heavy atom. The summed E-state index contributed by atoms with van der Waals surface area (Å²) in [5.41, 5.74) is 0.727. The summed E-state index contributed by atoms with van der Waals surface area (Å²) in [6.07, 6.45) is 2.62. The summed E-state index contributed by atoms with van der Waals surface area (Å²) in [4.78, 5) is 14.6. The summed E-state index contributed by atoms with van der Waals surface area (Å²) in [5, 5.41) is 10.3. The summed E-state index contributed by atoms with van der Waals surface area (Å²) in [5.74, 6) is 0.127. The van der Waals surface area contributed by atoms with Gasteiger partial charge in [0.1, 0.15) is 11.9 Å². The topological polar surface area (TPSA) is 62.9 Å². The number of para-hydroxylation sites is 1. The monoisotopic (exact) mass is 345 g/mol. The summed E-state index contributed by atoms with van der Waals surface area (Å²) >= 11 is 0. The number of carbonyl (C=O) groups is 1. The summed E-state index contributed by atoms with van der Waals surface area (Å²) in [6.45, 7) is 0.632. The SMILES string of the molecule is O=C(C1Cc2cccc(F)c2O1)N1CCCC1CC(O)c1ccco1. The number of amides is 1. The Morgan fingerprint density at radius 1 is 1.36 bits per heavy atom. The Balaban J connectivity index is 1.44. The van der Waals surface area contributed by atoms with Crippen LogP contribution in [0.4, 0.5) is 4.39 Å². The van der Waals surface area contributed by atoms with Crippen molar-refractivity contribution in [2.24, 2.45) is 0 Å². The molecule has 0 aliphatic carbocycles. The number of ether oxygens (including phenoxy) is 1. The average Bonchev–Trinajstić information content (AvgIpc) is 3.34. The van der Waals surface area contributed by atoms with Gasteiger partial charge in [-0.05, 0) is 31.0 Å². The number of halogens is 1. The molecule has 3 heterocycles. The second-order valence-electron chi connectivity index (χ2n) is 6.63. The maximum atomic E-state index is 13.8. The molecular weight excluding hydrogens is 325 g/mol. The van der Waals surface area contributed by atoms with Crippen molar-refractivity contribution in [2.45, 2.75) is 43.9 Å². The summed E-state index contributed by atoms with van der Waals surface area (Å²) in [7, 11) is 0. The number of rotatable bonds is 4. The normalized spacial score (nSPS) is 23.4. The van der Waals surface area contributed by atoms with Gasteiger partial charge in [0.2, 0.25) is 0 Å². The van der Waals surface area contributed by atoms with Crippen LogP contribution in [0.3, 0.4) is 0 Å². The Hall–Kier alpha value is -2.34. The molecule has 1 fully saturated rings. The molecule has 1 amide bonds. The maximum absolute atomic E-state index is 13.8. The number of aliphatic hydroxyl groups excluding tert-OH is 1. The zero-order valence-corrected chi connectivity index (χ0v) is 13.7. The molecule has 0 bridgehead atoms. The van der Waals surface area contributed by atoms with E-state index in [9.17, 15) is 14.3 Å². The first-order valence-electron chi connectivity index (χ1n) is 8.59. The molecule has 0 spiro atoms. The molecule has 25 heavy (non-hydrogen) atoms. The molecule has 0 saturated carbocycles. The molecule has 6 heteroatoms. The van der Waals surface area contributed by atoms with Crippen LogP contribution in [0.5, 0.6) is 5.75 Å². The molecule has 0 radical (unpaired) electrons. The minimum Gasteiger partial charge on any atom is -0.477 e. The van der Waals surface area contributed by atoms with E-state index in [1.807, 2.05) is 0 Å². The minimum absolute atomic E-state index is 0.0650. The van der Waals surface area contributed by atoms with E-state index in [4.69, 9.17) is 9.15 Å². The van der Waals surface area contributed by atoms with Crippen LogP contribution in [0, 0.1) is 5.82 Å². The highest BCUT2D eigenvalue weighted by Crippen LogP contribution is 2.34. The van der Waals surface area contributed by atoms with Crippen LogP contribution in [-0.2, 0) is 11.2 Å². The third-order valence-electron chi connectivity index (χ3n) is 5.02. The van der Waals surface area contributed by atoms with Crippen molar-refractivity contribution in [2.75, 3.05) is 6.54 Å². The first kappa shape index (κ1) is 16.1. The zero-order valence-electron chi connectivity index (χ0n) is 13.7. The number of hydrogen-bond donors (Lipinski definition) is 1. The molecule has 2 aromatic rings. The van der Waals surface area contributed by atoms with Crippen molar-refractivity contribution >= 4 is 5.91 Å². The summed E-state index contributed by atoms with van der Waals surface area (Å²) < 4.78 is 24.6. The Labute approximate surface area is 145 Å². The van der Waals surface area contributed by atoms with Crippen molar-refractivity contribution in [3.63, 3.8) is 0 Å². The average molecular weight is 345 g/mol. The molecule has 1 aromatic carbocycles. The van der Waals surface area contributed by atoms with Crippen LogP contribution in [0.1, 0.15) is 36.7 Å². The molecule has 3 atom stereocenters. The van der Waals surface area contributed by atoms with Crippen LogP contribution in [0.2, 0.25) is 0 Å². The number of likely N-dealkylation sites (tertiary alicyclic amines) is 1. The van der Waals surface area contributed by atoms with Gasteiger partial charge >= 0.3 is 0 Å². The highest BCUT2D eigenvalue weighted by Gasteiger charge is 2.39. The fourth-order valence-electron chi connectivity index (χ4n) is 3.78. The lowest BCUT2D eigenvalue weighted by Crippen LogP contribution is -2.44. The van der Waals surface area contributed by atoms with E-state index in [1.165, 1.54) is 12.3 Å². The van der Waals surface area contributed by atoms with Gasteiger partial charge < -0.3 is 19.2 Å². The van der Waals surface area contributed by atoms with Gasteiger partial charge in [0.25, 0.3) is 5.91 Å². The first-order valence-corrected chi connectivity index (χ1v) is 8.59. The molecule has 3 unspecified atom stereocenters. The molecule has 1 saturated heterocycles. The lowest BCUT2D eigenvalue weighted by Gasteiger charge is -2.28. The Morgan fingerprint density at radius 3 is 3.00 bits per heavy atom. The highest BCUT2D eigenvalue weighted by molar-refractivity contribution is 5.83. The highest BCUT2D eigenvalue weighted by atomic mass is 19.1. The number of fused-ring (bicyclic) bond motifs is 1. The van der Waals surface area contributed by atoms with Crippen LogP contribution >= 0.6 is 0 Å². The number of benzene rings is 1. The predicted molar refractivity (Wildman–Crippen MR) is 87.5 cm³/mol. The van der Waals surface area contributed by atoms with Gasteiger partial charge in [-0.15, -0.1) is 0 Å². The van der Waals surface area contributed by atoms with Crippen LogP contribution in [0.25, 0.3) is 0 Å². The van der Waals surface area contributed by atoms with E-state index in [2.05, 4.69) is 0 Å². The van der Waals surface area contributed by atoms with Crippen molar-refractivity contribution in [1.82, 2.24) is 4.90 Å². The minimum atomic E-state index is -0.743. The Kier molecular flexibility index (Phi) is 4.21. The van der Waals surface area contributed by atoms with E-state index in [0.29, 0.717) is 25.1 Å². The van der Waals surface area contributed by atoms with Crippen molar-refractivity contribution < 1.29 is 23.4 Å². The van der Waals surface area contributed by atoms with Crippen LogP contribution < -0.4 is 4.74 Å². The third-order valence-corrected chi connectivity index (χ3v) is 5.02. The maximum Gasteiger partial charge on any atom is 0.264 e. The first-order chi connectivity index (χ1) is 12.1. The molecule has 1 aromatic heterocycles. The predicted octanol–water partition coefficient (Wildman–Crippen LogP) is 2.84. The number of carbonyl (C=O) groups excluding carboxylic acids is 1. The standard InChI is InChI=1S/C19H20FNO4/c20-14-6-1-4-12-10-17(25-18(12)14)19(23)21-8-2-5-13(21)11-15(22)16-7-3-9-24-16/h1,3-4,6-7,9,13,15,17,22H,2,5,8,10-11H2. The molecule has 5 nitrogen and oxygen atoms in total. The van der Waals surface area contributed by atoms with Gasteiger partial charge in [0.05, 0.1) is 6.26 Å².